The molecule has 0 bridgehead atoms. The van der Waals surface area contributed by atoms with E-state index < -0.39 is 17.7 Å². The highest BCUT2D eigenvalue weighted by atomic mass is 35.5. The zero-order chi connectivity index (χ0) is 29.2. The molecule has 0 amide bonds. The molecule has 6 nitrogen and oxygen atoms in total. The highest BCUT2D eigenvalue weighted by Gasteiger charge is 2.31. The van der Waals surface area contributed by atoms with Crippen LogP contribution in [0.3, 0.4) is 0 Å². The number of carboxylic acid groups (broad SMARTS) is 1. The van der Waals surface area contributed by atoms with Gasteiger partial charge in [-0.15, -0.1) is 0 Å². The molecule has 40 heavy (non-hydrogen) atoms. The minimum atomic E-state index is -4.48. The van der Waals surface area contributed by atoms with Gasteiger partial charge in [-0.25, -0.2) is 0 Å². The van der Waals surface area contributed by atoms with Crippen LogP contribution in [0.25, 0.3) is 22.0 Å². The normalized spacial score (nSPS) is 12.7. The van der Waals surface area contributed by atoms with Crippen LogP contribution >= 0.6 is 11.6 Å². The molecule has 0 aliphatic carbocycles. The van der Waals surface area contributed by atoms with Crippen LogP contribution in [-0.4, -0.2) is 31.6 Å². The number of rotatable bonds is 10. The van der Waals surface area contributed by atoms with Crippen molar-refractivity contribution in [1.82, 2.24) is 14.8 Å². The van der Waals surface area contributed by atoms with Gasteiger partial charge in [-0.2, -0.15) is 18.3 Å². The first kappa shape index (κ1) is 29.3. The number of aliphatic carboxylic acids is 1. The number of carbonyl (C=O) groups is 2. The van der Waals surface area contributed by atoms with Crippen molar-refractivity contribution in [3.8, 4) is 11.1 Å². The Morgan fingerprint density at radius 1 is 1.02 bits per heavy atom. The monoisotopic (exact) mass is 571 g/mol. The molecular formula is C30H29ClF3N3O3. The minimum Gasteiger partial charge on any atom is -0.481 e. The molecule has 0 saturated carbocycles. The average Bonchev–Trinajstić information content (AvgIpc) is 3.28. The number of pyridine rings is 1. The summed E-state index contributed by atoms with van der Waals surface area (Å²) in [5, 5.41) is 14.3. The number of carbonyl (C=O) groups excluding carboxylic acids is 1. The number of alkyl halides is 3. The maximum Gasteiger partial charge on any atom is 0.416 e. The van der Waals surface area contributed by atoms with Crippen molar-refractivity contribution in [3.63, 3.8) is 0 Å². The predicted octanol–water partition coefficient (Wildman–Crippen LogP) is 8.15. The van der Waals surface area contributed by atoms with Gasteiger partial charge in [0.15, 0.2) is 5.78 Å². The lowest BCUT2D eigenvalue weighted by atomic mass is 9.96. The molecule has 2 heterocycles. The summed E-state index contributed by atoms with van der Waals surface area (Å²) >= 11 is 6.29. The van der Waals surface area contributed by atoms with Gasteiger partial charge in [0, 0.05) is 35.0 Å². The van der Waals surface area contributed by atoms with E-state index in [1.54, 1.807) is 18.5 Å². The van der Waals surface area contributed by atoms with Gasteiger partial charge in [-0.3, -0.25) is 19.3 Å². The van der Waals surface area contributed by atoms with Crippen molar-refractivity contribution in [2.45, 2.75) is 58.7 Å². The summed E-state index contributed by atoms with van der Waals surface area (Å²) in [6, 6.07) is 10.5. The Morgan fingerprint density at radius 2 is 1.77 bits per heavy atom. The first-order valence-electron chi connectivity index (χ1n) is 12.9. The lowest BCUT2D eigenvalue weighted by molar-refractivity contribution is -0.138. The third kappa shape index (κ3) is 6.53. The Labute approximate surface area is 234 Å². The molecule has 4 aromatic rings. The van der Waals surface area contributed by atoms with Crippen LogP contribution in [0.4, 0.5) is 13.2 Å². The van der Waals surface area contributed by atoms with Gasteiger partial charge in [0.05, 0.1) is 23.3 Å². The molecule has 2 aromatic carbocycles. The standard InChI is InChI=1S/C30H29ClF3N3O3/c1-17(2)11-26(19-7-10-25(35-15-19)28(38)5-4-6-29(39)40)37-27-12-18(3)23(13-20(27)16-36-37)22-9-8-21(14-24(22)31)30(32,33)34/h7-10,12-17,26H,4-6,11H2,1-3H3,(H,39,40). The summed E-state index contributed by atoms with van der Waals surface area (Å²) in [5.41, 5.74) is 3.27. The summed E-state index contributed by atoms with van der Waals surface area (Å²) in [7, 11) is 0. The highest BCUT2D eigenvalue weighted by molar-refractivity contribution is 6.33. The van der Waals surface area contributed by atoms with Gasteiger partial charge in [0.1, 0.15) is 5.69 Å². The summed E-state index contributed by atoms with van der Waals surface area (Å²) < 4.78 is 41.3. The number of hydrogen-bond acceptors (Lipinski definition) is 4. The lowest BCUT2D eigenvalue weighted by Gasteiger charge is -2.21. The third-order valence-electron chi connectivity index (χ3n) is 6.77. The number of benzene rings is 2. The predicted molar refractivity (Wildman–Crippen MR) is 148 cm³/mol. The van der Waals surface area contributed by atoms with E-state index >= 15 is 0 Å². The largest absolute Gasteiger partial charge is 0.481 e. The Morgan fingerprint density at radius 3 is 2.38 bits per heavy atom. The van der Waals surface area contributed by atoms with Crippen molar-refractivity contribution in [3.05, 3.63) is 82.3 Å². The first-order valence-corrected chi connectivity index (χ1v) is 13.3. The molecule has 0 saturated heterocycles. The second kappa shape index (κ2) is 11.8. The number of aromatic nitrogens is 3. The smallest absolute Gasteiger partial charge is 0.416 e. The van der Waals surface area contributed by atoms with Crippen LogP contribution in [0.2, 0.25) is 5.02 Å². The third-order valence-corrected chi connectivity index (χ3v) is 7.08. The number of halogens is 4. The van der Waals surface area contributed by atoms with E-state index in [0.717, 1.165) is 46.1 Å². The molecule has 1 unspecified atom stereocenters. The van der Waals surface area contributed by atoms with E-state index in [4.69, 9.17) is 16.7 Å². The Bertz CT molecular complexity index is 1550. The minimum absolute atomic E-state index is 0.0195. The maximum atomic E-state index is 13.1. The molecule has 1 N–H and O–H groups in total. The molecule has 0 fully saturated rings. The zero-order valence-electron chi connectivity index (χ0n) is 22.3. The molecule has 0 spiro atoms. The summed E-state index contributed by atoms with van der Waals surface area (Å²) in [4.78, 5) is 27.5. The molecule has 10 heteroatoms. The van der Waals surface area contributed by atoms with E-state index in [2.05, 4.69) is 23.9 Å². The summed E-state index contributed by atoms with van der Waals surface area (Å²) in [6.07, 6.45) is -0.0525. The van der Waals surface area contributed by atoms with Crippen LogP contribution in [0.15, 0.2) is 54.9 Å². The maximum absolute atomic E-state index is 13.1. The Balaban J connectivity index is 1.67. The molecule has 210 valence electrons. The lowest BCUT2D eigenvalue weighted by Crippen LogP contribution is -2.15. The van der Waals surface area contributed by atoms with Crippen LogP contribution < -0.4 is 0 Å². The van der Waals surface area contributed by atoms with Crippen molar-refractivity contribution >= 4 is 34.3 Å². The SMILES string of the molecule is Cc1cc2c(cnn2C(CC(C)C)c2ccc(C(=O)CCCC(=O)O)nc2)cc1-c1ccc(C(F)(F)F)cc1Cl. The number of hydrogen-bond donors (Lipinski definition) is 1. The molecule has 0 aliphatic heterocycles. The van der Waals surface area contributed by atoms with Crippen molar-refractivity contribution < 1.29 is 27.9 Å². The Hall–Kier alpha value is -3.72. The number of aryl methyl sites for hydroxylation is 1. The van der Waals surface area contributed by atoms with Crippen molar-refractivity contribution in [1.29, 1.82) is 0 Å². The molecule has 0 radical (unpaired) electrons. The number of carboxylic acids is 1. The summed E-state index contributed by atoms with van der Waals surface area (Å²) in [5.74, 6) is -0.834. The van der Waals surface area contributed by atoms with Crippen LogP contribution in [0.5, 0.6) is 0 Å². The van der Waals surface area contributed by atoms with Gasteiger partial charge in [-0.1, -0.05) is 37.6 Å². The fourth-order valence-electron chi connectivity index (χ4n) is 4.77. The number of fused-ring (bicyclic) bond motifs is 1. The molecule has 2 aromatic heterocycles. The fourth-order valence-corrected chi connectivity index (χ4v) is 5.05. The fraction of sp³-hybridized carbons (Fsp3) is 0.333. The highest BCUT2D eigenvalue weighted by Crippen LogP contribution is 2.38. The van der Waals surface area contributed by atoms with E-state index in [-0.39, 0.29) is 41.8 Å². The second-order valence-corrected chi connectivity index (χ2v) is 10.7. The second-order valence-electron chi connectivity index (χ2n) is 10.3. The van der Waals surface area contributed by atoms with Crippen LogP contribution in [-0.2, 0) is 11.0 Å². The topological polar surface area (TPSA) is 85.1 Å². The number of Topliss-reactive ketones (excluding diaryl/α,β-unsaturated/α-hetero) is 1. The van der Waals surface area contributed by atoms with Gasteiger partial charge >= 0.3 is 12.1 Å². The van der Waals surface area contributed by atoms with Gasteiger partial charge < -0.3 is 5.11 Å². The van der Waals surface area contributed by atoms with Crippen LogP contribution in [0, 0.1) is 12.8 Å². The molecule has 1 atom stereocenters. The quantitative estimate of drug-likeness (QED) is 0.194. The van der Waals surface area contributed by atoms with Gasteiger partial charge in [0.2, 0.25) is 0 Å². The van der Waals surface area contributed by atoms with E-state index in [1.807, 2.05) is 29.8 Å². The molecule has 4 rings (SSSR count). The van der Waals surface area contributed by atoms with Crippen LogP contribution in [0.1, 0.15) is 72.8 Å². The zero-order valence-corrected chi connectivity index (χ0v) is 23.1. The summed E-state index contributed by atoms with van der Waals surface area (Å²) in [6.45, 7) is 6.08. The first-order chi connectivity index (χ1) is 18.8. The Kier molecular flexibility index (Phi) is 8.63. The molecular weight excluding hydrogens is 543 g/mol. The van der Waals surface area contributed by atoms with E-state index in [0.29, 0.717) is 11.5 Å². The van der Waals surface area contributed by atoms with E-state index in [1.165, 1.54) is 6.07 Å². The van der Waals surface area contributed by atoms with Crippen molar-refractivity contribution in [2.75, 3.05) is 0 Å². The molecule has 0 aliphatic rings. The van der Waals surface area contributed by atoms with Crippen molar-refractivity contribution in [2.24, 2.45) is 5.92 Å². The van der Waals surface area contributed by atoms with Gasteiger partial charge in [0.25, 0.3) is 0 Å². The number of nitrogens with zero attached hydrogens (tertiary/aromatic N) is 3. The average molecular weight is 572 g/mol. The van der Waals surface area contributed by atoms with Gasteiger partial charge in [-0.05, 0) is 72.7 Å². The number of ketones is 1. The van der Waals surface area contributed by atoms with E-state index in [9.17, 15) is 22.8 Å².